The molecule has 1 aliphatic carbocycles. The van der Waals surface area contributed by atoms with Crippen LogP contribution in [-0.4, -0.2) is 17.0 Å². The Balaban J connectivity index is 2.22. The maximum Gasteiger partial charge on any atom is 0.222 e. The molecule has 0 unspecified atom stereocenters. The molecule has 3 rings (SSSR count). The third-order valence-corrected chi connectivity index (χ3v) is 2.99. The Morgan fingerprint density at radius 2 is 2.12 bits per heavy atom. The smallest absolute Gasteiger partial charge is 0.222 e. The summed E-state index contributed by atoms with van der Waals surface area (Å²) in [6.07, 6.45) is 2.87. The molecular weight excluding hydrogens is 198 g/mol. The van der Waals surface area contributed by atoms with E-state index >= 15 is 0 Å². The summed E-state index contributed by atoms with van der Waals surface area (Å²) < 4.78 is 0. The van der Waals surface area contributed by atoms with Gasteiger partial charge in [0.15, 0.2) is 0 Å². The molecule has 0 aliphatic heterocycles. The van der Waals surface area contributed by atoms with E-state index in [1.54, 1.807) is 0 Å². The minimum absolute atomic E-state index is 0.688. The molecule has 1 N–H and O–H groups in total. The fraction of sp³-hybridized carbons (Fsp3) is 0.231. The van der Waals surface area contributed by atoms with Crippen molar-refractivity contribution in [1.29, 1.82) is 0 Å². The van der Waals surface area contributed by atoms with Gasteiger partial charge in [0, 0.05) is 30.8 Å². The number of anilines is 1. The summed E-state index contributed by atoms with van der Waals surface area (Å²) in [5.41, 5.74) is 6.19. The molecule has 0 bridgehead atoms. The lowest BCUT2D eigenvalue weighted by molar-refractivity contribution is 1.11. The fourth-order valence-corrected chi connectivity index (χ4v) is 2.16. The van der Waals surface area contributed by atoms with Gasteiger partial charge in [-0.15, -0.1) is 0 Å². The fourth-order valence-electron chi connectivity index (χ4n) is 2.16. The second kappa shape index (κ2) is 3.30. The van der Waals surface area contributed by atoms with Gasteiger partial charge < -0.3 is 5.32 Å². The lowest BCUT2D eigenvalue weighted by Crippen LogP contribution is -1.97. The minimum Gasteiger partial charge on any atom is -0.357 e. The number of aromatic nitrogens is 2. The van der Waals surface area contributed by atoms with Gasteiger partial charge in [0.2, 0.25) is 5.95 Å². The summed E-state index contributed by atoms with van der Waals surface area (Å²) >= 11 is 0. The average molecular weight is 211 g/mol. The third kappa shape index (κ3) is 1.28. The molecule has 1 aliphatic rings. The number of nitrogens with zero attached hydrogens (tertiary/aromatic N) is 2. The first-order valence-corrected chi connectivity index (χ1v) is 5.41. The van der Waals surface area contributed by atoms with Gasteiger partial charge in [-0.1, -0.05) is 17.7 Å². The van der Waals surface area contributed by atoms with E-state index in [2.05, 4.69) is 40.4 Å². The molecule has 1 heterocycles. The highest BCUT2D eigenvalue weighted by molar-refractivity contribution is 5.74. The zero-order valence-corrected chi connectivity index (χ0v) is 9.41. The van der Waals surface area contributed by atoms with Gasteiger partial charge in [-0.25, -0.2) is 9.97 Å². The predicted octanol–water partition coefficient (Wildman–Crippen LogP) is 2.40. The molecule has 0 radical (unpaired) electrons. The number of rotatable bonds is 1. The molecule has 16 heavy (non-hydrogen) atoms. The maximum atomic E-state index is 4.53. The van der Waals surface area contributed by atoms with Crippen LogP contribution < -0.4 is 5.32 Å². The largest absolute Gasteiger partial charge is 0.357 e. The first-order valence-electron chi connectivity index (χ1n) is 5.41. The van der Waals surface area contributed by atoms with E-state index < -0.39 is 0 Å². The number of aryl methyl sites for hydroxylation is 1. The van der Waals surface area contributed by atoms with Gasteiger partial charge in [0.05, 0.1) is 5.69 Å². The van der Waals surface area contributed by atoms with Gasteiger partial charge in [0.1, 0.15) is 0 Å². The van der Waals surface area contributed by atoms with Crippen LogP contribution in [0.15, 0.2) is 24.4 Å². The highest BCUT2D eigenvalue weighted by atomic mass is 15.1. The Labute approximate surface area is 94.6 Å². The Bertz CT molecular complexity index is 561. The molecule has 0 atom stereocenters. The molecule has 3 heteroatoms. The van der Waals surface area contributed by atoms with Crippen molar-refractivity contribution in [3.63, 3.8) is 0 Å². The van der Waals surface area contributed by atoms with E-state index in [0.717, 1.165) is 12.1 Å². The molecule has 1 aromatic heterocycles. The predicted molar refractivity (Wildman–Crippen MR) is 64.6 cm³/mol. The Morgan fingerprint density at radius 1 is 1.25 bits per heavy atom. The summed E-state index contributed by atoms with van der Waals surface area (Å²) in [7, 11) is 1.84. The van der Waals surface area contributed by atoms with Gasteiger partial charge in [-0.2, -0.15) is 0 Å². The van der Waals surface area contributed by atoms with Crippen LogP contribution >= 0.6 is 0 Å². The quantitative estimate of drug-likeness (QED) is 0.671. The van der Waals surface area contributed by atoms with Crippen LogP contribution in [0, 0.1) is 6.92 Å². The van der Waals surface area contributed by atoms with Crippen molar-refractivity contribution in [2.75, 3.05) is 12.4 Å². The molecule has 1 aromatic carbocycles. The summed E-state index contributed by atoms with van der Waals surface area (Å²) in [6.45, 7) is 2.11. The Kier molecular flexibility index (Phi) is 1.93. The van der Waals surface area contributed by atoms with Gasteiger partial charge in [0.25, 0.3) is 0 Å². The third-order valence-electron chi connectivity index (χ3n) is 2.99. The summed E-state index contributed by atoms with van der Waals surface area (Å²) in [6, 6.07) is 6.54. The summed E-state index contributed by atoms with van der Waals surface area (Å²) in [5.74, 6) is 0.688. The first kappa shape index (κ1) is 9.33. The number of benzene rings is 1. The molecule has 0 amide bonds. The molecule has 0 saturated carbocycles. The first-order chi connectivity index (χ1) is 7.78. The zero-order chi connectivity index (χ0) is 11.1. The van der Waals surface area contributed by atoms with E-state index in [1.165, 1.54) is 22.3 Å². The van der Waals surface area contributed by atoms with E-state index in [1.807, 2.05) is 13.2 Å². The van der Waals surface area contributed by atoms with E-state index in [0.29, 0.717) is 5.95 Å². The minimum atomic E-state index is 0.688. The lowest BCUT2D eigenvalue weighted by atomic mass is 10.1. The summed E-state index contributed by atoms with van der Waals surface area (Å²) in [5, 5.41) is 2.98. The Morgan fingerprint density at radius 3 is 2.94 bits per heavy atom. The van der Waals surface area contributed by atoms with Crippen LogP contribution in [0.2, 0.25) is 0 Å². The topological polar surface area (TPSA) is 37.8 Å². The summed E-state index contributed by atoms with van der Waals surface area (Å²) in [4.78, 5) is 8.78. The van der Waals surface area contributed by atoms with Gasteiger partial charge in [-0.05, 0) is 18.6 Å². The second-order valence-corrected chi connectivity index (χ2v) is 4.15. The van der Waals surface area contributed by atoms with E-state index in [9.17, 15) is 0 Å². The van der Waals surface area contributed by atoms with Crippen molar-refractivity contribution in [3.8, 4) is 11.3 Å². The van der Waals surface area contributed by atoms with Crippen LogP contribution in [-0.2, 0) is 6.42 Å². The van der Waals surface area contributed by atoms with Gasteiger partial charge >= 0.3 is 0 Å². The number of nitrogens with one attached hydrogen (secondary N) is 1. The molecule has 0 spiro atoms. The maximum absolute atomic E-state index is 4.53. The molecule has 0 fully saturated rings. The number of fused-ring (bicyclic) bond motifs is 3. The van der Waals surface area contributed by atoms with Crippen molar-refractivity contribution < 1.29 is 0 Å². The normalized spacial score (nSPS) is 12.1. The van der Waals surface area contributed by atoms with Crippen molar-refractivity contribution >= 4 is 5.95 Å². The number of hydrogen-bond acceptors (Lipinski definition) is 3. The van der Waals surface area contributed by atoms with Crippen LogP contribution in [0.25, 0.3) is 11.3 Å². The van der Waals surface area contributed by atoms with E-state index in [-0.39, 0.29) is 0 Å². The molecule has 3 nitrogen and oxygen atoms in total. The molecule has 80 valence electrons. The van der Waals surface area contributed by atoms with Crippen molar-refractivity contribution in [3.05, 3.63) is 41.1 Å². The van der Waals surface area contributed by atoms with Crippen LogP contribution in [0.1, 0.15) is 16.7 Å². The monoisotopic (exact) mass is 211 g/mol. The van der Waals surface area contributed by atoms with Crippen molar-refractivity contribution in [2.45, 2.75) is 13.3 Å². The SMILES string of the molecule is CNc1ncc2c(n1)-c1cc(C)ccc1C2. The van der Waals surface area contributed by atoms with Crippen LogP contribution in [0.4, 0.5) is 5.95 Å². The second-order valence-electron chi connectivity index (χ2n) is 4.15. The molecular formula is C13H13N3. The zero-order valence-electron chi connectivity index (χ0n) is 9.41. The lowest BCUT2D eigenvalue weighted by Gasteiger charge is -2.03. The standard InChI is InChI=1S/C13H13N3/c1-8-3-4-9-6-10-7-15-13(14-2)16-12(10)11(9)5-8/h3-5,7H,6H2,1-2H3,(H,14,15,16). The van der Waals surface area contributed by atoms with Crippen molar-refractivity contribution in [2.24, 2.45) is 0 Å². The highest BCUT2D eigenvalue weighted by Crippen LogP contribution is 2.35. The molecule has 0 saturated heterocycles. The Hall–Kier alpha value is -1.90. The van der Waals surface area contributed by atoms with Gasteiger partial charge in [-0.3, -0.25) is 0 Å². The molecule has 2 aromatic rings. The average Bonchev–Trinajstić information content (AvgIpc) is 2.66. The van der Waals surface area contributed by atoms with Crippen LogP contribution in [0.3, 0.4) is 0 Å². The number of hydrogen-bond donors (Lipinski definition) is 1. The van der Waals surface area contributed by atoms with Crippen LogP contribution in [0.5, 0.6) is 0 Å². The van der Waals surface area contributed by atoms with E-state index in [4.69, 9.17) is 0 Å². The highest BCUT2D eigenvalue weighted by Gasteiger charge is 2.20. The van der Waals surface area contributed by atoms with Crippen molar-refractivity contribution in [1.82, 2.24) is 9.97 Å².